The molecule has 0 aromatic heterocycles. The third kappa shape index (κ3) is 2.08. The fraction of sp³-hybridized carbons (Fsp3) is 0.810. The third-order valence-electron chi connectivity index (χ3n) is 8.57. The van der Waals surface area contributed by atoms with Gasteiger partial charge in [0.2, 0.25) is 0 Å². The maximum absolute atomic E-state index is 11.9. The van der Waals surface area contributed by atoms with Crippen molar-refractivity contribution in [1.82, 2.24) is 0 Å². The van der Waals surface area contributed by atoms with Gasteiger partial charge in [-0.05, 0) is 79.4 Å². The number of Topliss-reactive ketones (excluding diaryl/α,β-unsaturated/α-hetero) is 1. The summed E-state index contributed by atoms with van der Waals surface area (Å²) in [5.41, 5.74) is 2.11. The Hall–Kier alpha value is -1.10. The number of allylic oxidation sites excluding steroid dienone is 2. The Morgan fingerprint density at radius 2 is 1.91 bits per heavy atom. The second kappa shape index (κ2) is 5.20. The van der Waals surface area contributed by atoms with Crippen LogP contribution >= 0.6 is 0 Å². The predicted molar refractivity (Wildman–Crippen MR) is 90.4 cm³/mol. The molecule has 2 nitrogen and oxygen atoms in total. The minimum atomic E-state index is 0.282. The summed E-state index contributed by atoms with van der Waals surface area (Å²) >= 11 is 0. The lowest BCUT2D eigenvalue weighted by molar-refractivity contribution is -0.136. The molecule has 0 spiro atoms. The summed E-state index contributed by atoms with van der Waals surface area (Å²) in [5.74, 6) is 3.56. The van der Waals surface area contributed by atoms with Crippen molar-refractivity contribution in [2.45, 2.75) is 71.6 Å². The SMILES string of the molecule is CC12CC[C@H]3C(CCC4CC(=O)CCC43C)[C@@H]1CC/C2=C/C#N. The first kappa shape index (κ1) is 15.4. The summed E-state index contributed by atoms with van der Waals surface area (Å²) in [7, 11) is 0. The Labute approximate surface area is 140 Å². The zero-order valence-corrected chi connectivity index (χ0v) is 14.6. The standard InChI is InChI=1S/C21H29NO/c1-20-11-8-19-17(18(20)6-4-14(20)9-12-22)5-3-15-13-16(23)7-10-21(15,19)2/h9,15,17-19H,3-8,10-11,13H2,1-2H3/b14-9-/t15?,17?,18-,19-,20?,21?/m0/s1. The van der Waals surface area contributed by atoms with E-state index in [0.717, 1.165) is 43.4 Å². The van der Waals surface area contributed by atoms with Crippen LogP contribution in [0.25, 0.3) is 0 Å². The number of hydrogen-bond acceptors (Lipinski definition) is 2. The third-order valence-corrected chi connectivity index (χ3v) is 8.57. The van der Waals surface area contributed by atoms with E-state index in [0.29, 0.717) is 17.1 Å². The molecule has 0 N–H and O–H groups in total. The van der Waals surface area contributed by atoms with Gasteiger partial charge in [-0.1, -0.05) is 19.4 Å². The van der Waals surface area contributed by atoms with Crippen molar-refractivity contribution in [2.75, 3.05) is 0 Å². The average Bonchev–Trinajstić information content (AvgIpc) is 2.85. The van der Waals surface area contributed by atoms with E-state index in [1.165, 1.54) is 37.7 Å². The van der Waals surface area contributed by atoms with Crippen LogP contribution in [-0.2, 0) is 4.79 Å². The zero-order valence-electron chi connectivity index (χ0n) is 14.6. The summed E-state index contributed by atoms with van der Waals surface area (Å²) in [6.07, 6.45) is 12.2. The summed E-state index contributed by atoms with van der Waals surface area (Å²) in [5, 5.41) is 9.13. The van der Waals surface area contributed by atoms with Crippen LogP contribution in [0.5, 0.6) is 0 Å². The van der Waals surface area contributed by atoms with Gasteiger partial charge in [0, 0.05) is 18.9 Å². The highest BCUT2D eigenvalue weighted by atomic mass is 16.1. The van der Waals surface area contributed by atoms with Crippen LogP contribution in [0, 0.1) is 45.8 Å². The Balaban J connectivity index is 1.64. The number of carbonyl (C=O) groups is 1. The van der Waals surface area contributed by atoms with Crippen molar-refractivity contribution in [3.8, 4) is 6.07 Å². The number of carbonyl (C=O) groups excluding carboxylic acids is 1. The van der Waals surface area contributed by atoms with Crippen molar-refractivity contribution in [1.29, 1.82) is 5.26 Å². The van der Waals surface area contributed by atoms with Crippen LogP contribution in [0.15, 0.2) is 11.6 Å². The molecule has 0 radical (unpaired) electrons. The molecule has 124 valence electrons. The van der Waals surface area contributed by atoms with Gasteiger partial charge in [0.15, 0.2) is 0 Å². The van der Waals surface area contributed by atoms with E-state index in [1.54, 1.807) is 0 Å². The van der Waals surface area contributed by atoms with Crippen LogP contribution in [0.1, 0.15) is 71.6 Å². The second-order valence-corrected chi connectivity index (χ2v) is 9.19. The Morgan fingerprint density at radius 3 is 2.70 bits per heavy atom. The van der Waals surface area contributed by atoms with E-state index in [9.17, 15) is 4.79 Å². The van der Waals surface area contributed by atoms with Crippen LogP contribution in [-0.4, -0.2) is 5.78 Å². The summed E-state index contributed by atoms with van der Waals surface area (Å²) in [6, 6.07) is 2.30. The van der Waals surface area contributed by atoms with Gasteiger partial charge >= 0.3 is 0 Å². The van der Waals surface area contributed by atoms with Crippen molar-refractivity contribution in [2.24, 2.45) is 34.5 Å². The molecule has 0 aromatic carbocycles. The van der Waals surface area contributed by atoms with Gasteiger partial charge in [-0.3, -0.25) is 4.79 Å². The normalized spacial score (nSPS) is 50.8. The number of nitriles is 1. The largest absolute Gasteiger partial charge is 0.300 e. The predicted octanol–water partition coefficient (Wildman–Crippen LogP) is 5.05. The lowest BCUT2D eigenvalue weighted by atomic mass is 9.45. The van der Waals surface area contributed by atoms with E-state index in [1.807, 2.05) is 6.08 Å². The molecule has 4 rings (SSSR count). The highest BCUT2D eigenvalue weighted by Gasteiger charge is 2.58. The number of fused-ring (bicyclic) bond motifs is 5. The Kier molecular flexibility index (Phi) is 3.49. The molecular formula is C21H29NO. The zero-order chi connectivity index (χ0) is 16.2. The smallest absolute Gasteiger partial charge is 0.133 e. The summed E-state index contributed by atoms with van der Waals surface area (Å²) in [6.45, 7) is 4.94. The molecule has 4 saturated carbocycles. The molecule has 4 aliphatic rings. The molecule has 0 aliphatic heterocycles. The molecule has 0 aromatic rings. The van der Waals surface area contributed by atoms with Crippen LogP contribution < -0.4 is 0 Å². The van der Waals surface area contributed by atoms with Crippen LogP contribution in [0.3, 0.4) is 0 Å². The number of nitrogens with zero attached hydrogens (tertiary/aromatic N) is 1. The van der Waals surface area contributed by atoms with E-state index < -0.39 is 0 Å². The van der Waals surface area contributed by atoms with Crippen LogP contribution in [0.2, 0.25) is 0 Å². The lowest BCUT2D eigenvalue weighted by Crippen LogP contribution is -2.52. The highest BCUT2D eigenvalue weighted by molar-refractivity contribution is 5.79. The fourth-order valence-electron chi connectivity index (χ4n) is 7.21. The molecule has 4 unspecified atom stereocenters. The fourth-order valence-corrected chi connectivity index (χ4v) is 7.21. The lowest BCUT2D eigenvalue weighted by Gasteiger charge is -2.59. The van der Waals surface area contributed by atoms with Gasteiger partial charge in [0.05, 0.1) is 6.07 Å². The maximum atomic E-state index is 11.9. The van der Waals surface area contributed by atoms with E-state index >= 15 is 0 Å². The van der Waals surface area contributed by atoms with E-state index in [2.05, 4.69) is 19.9 Å². The topological polar surface area (TPSA) is 40.9 Å². The molecule has 2 heteroatoms. The van der Waals surface area contributed by atoms with E-state index in [4.69, 9.17) is 5.26 Å². The van der Waals surface area contributed by atoms with Gasteiger partial charge in [-0.2, -0.15) is 5.26 Å². The first-order valence-corrected chi connectivity index (χ1v) is 9.60. The molecular weight excluding hydrogens is 282 g/mol. The molecule has 4 fully saturated rings. The van der Waals surface area contributed by atoms with Gasteiger partial charge in [-0.25, -0.2) is 0 Å². The number of hydrogen-bond donors (Lipinski definition) is 0. The monoisotopic (exact) mass is 311 g/mol. The first-order chi connectivity index (χ1) is 11.0. The molecule has 0 bridgehead atoms. The first-order valence-electron chi connectivity index (χ1n) is 9.60. The molecule has 0 saturated heterocycles. The quantitative estimate of drug-likeness (QED) is 0.587. The van der Waals surface area contributed by atoms with Crippen molar-refractivity contribution in [3.63, 3.8) is 0 Å². The maximum Gasteiger partial charge on any atom is 0.133 e. The van der Waals surface area contributed by atoms with Gasteiger partial charge in [0.25, 0.3) is 0 Å². The Bertz CT molecular complexity index is 599. The minimum absolute atomic E-state index is 0.282. The summed E-state index contributed by atoms with van der Waals surface area (Å²) in [4.78, 5) is 11.9. The number of rotatable bonds is 0. The van der Waals surface area contributed by atoms with E-state index in [-0.39, 0.29) is 5.41 Å². The van der Waals surface area contributed by atoms with Gasteiger partial charge < -0.3 is 0 Å². The van der Waals surface area contributed by atoms with Crippen molar-refractivity contribution in [3.05, 3.63) is 11.6 Å². The minimum Gasteiger partial charge on any atom is -0.300 e. The van der Waals surface area contributed by atoms with Crippen LogP contribution in [0.4, 0.5) is 0 Å². The molecule has 23 heavy (non-hydrogen) atoms. The molecule has 0 heterocycles. The average molecular weight is 311 g/mol. The number of ketones is 1. The second-order valence-electron chi connectivity index (χ2n) is 9.19. The van der Waals surface area contributed by atoms with Gasteiger partial charge in [-0.15, -0.1) is 0 Å². The molecule has 4 aliphatic carbocycles. The van der Waals surface area contributed by atoms with Gasteiger partial charge in [0.1, 0.15) is 5.78 Å². The molecule has 6 atom stereocenters. The molecule has 0 amide bonds. The Morgan fingerprint density at radius 1 is 1.09 bits per heavy atom. The summed E-state index contributed by atoms with van der Waals surface area (Å²) < 4.78 is 0. The van der Waals surface area contributed by atoms with Crippen molar-refractivity contribution < 1.29 is 4.79 Å². The highest BCUT2D eigenvalue weighted by Crippen LogP contribution is 2.67. The van der Waals surface area contributed by atoms with Crippen molar-refractivity contribution >= 4 is 5.78 Å².